The van der Waals surface area contributed by atoms with Crippen molar-refractivity contribution in [1.29, 1.82) is 0 Å². The van der Waals surface area contributed by atoms with Gasteiger partial charge in [0, 0.05) is 11.8 Å². The molecule has 0 radical (unpaired) electrons. The molecule has 0 saturated heterocycles. The lowest BCUT2D eigenvalue weighted by Gasteiger charge is -1.95. The smallest absolute Gasteiger partial charge is 0.264 e. The molecule has 0 bridgehead atoms. The van der Waals surface area contributed by atoms with E-state index in [1.165, 1.54) is 17.6 Å². The van der Waals surface area contributed by atoms with Crippen molar-refractivity contribution in [3.8, 4) is 16.5 Å². The van der Waals surface area contributed by atoms with Crippen LogP contribution in [0, 0.1) is 4.77 Å². The number of H-pyrrole nitrogens is 2. The third-order valence-electron chi connectivity index (χ3n) is 2.70. The lowest BCUT2D eigenvalue weighted by molar-refractivity contribution is 0.449. The molecule has 0 fully saturated rings. The summed E-state index contributed by atoms with van der Waals surface area (Å²) >= 11 is 6.02. The fourth-order valence-electron chi connectivity index (χ4n) is 1.69. The second-order valence-electron chi connectivity index (χ2n) is 4.18. The average Bonchev–Trinajstić information content (AvgIpc) is 2.96. The van der Waals surface area contributed by atoms with Crippen LogP contribution in [0.4, 0.5) is 5.13 Å². The summed E-state index contributed by atoms with van der Waals surface area (Å²) in [5.41, 5.74) is 0.383. The van der Waals surface area contributed by atoms with E-state index in [1.807, 2.05) is 30.3 Å². The Bertz CT molecular complexity index is 943. The molecule has 2 aromatic heterocycles. The molecule has 0 atom stereocenters. The van der Waals surface area contributed by atoms with E-state index >= 15 is 0 Å². The van der Waals surface area contributed by atoms with E-state index < -0.39 is 5.56 Å². The van der Waals surface area contributed by atoms with Gasteiger partial charge in [0.15, 0.2) is 4.77 Å². The van der Waals surface area contributed by atoms with Crippen LogP contribution in [0.1, 0.15) is 5.56 Å². The molecule has 3 N–H and O–H groups in total. The fraction of sp³-hybridized carbons (Fsp3) is 0. The highest BCUT2D eigenvalue weighted by Crippen LogP contribution is 2.27. The Hall–Kier alpha value is -2.65. The standard InChI is InChI=1S/C13H9N5O2S2/c19-9-8(10(20)16-12(21)15-9)6-14-13-18-17-11(22-13)7-4-2-1-3-5-7/h1-6H,(H3,15,16,19,20,21). The Morgan fingerprint density at radius 2 is 2.00 bits per heavy atom. The van der Waals surface area contributed by atoms with Crippen LogP contribution in [-0.2, 0) is 0 Å². The molecule has 110 valence electrons. The monoisotopic (exact) mass is 331 g/mol. The Morgan fingerprint density at radius 3 is 2.73 bits per heavy atom. The van der Waals surface area contributed by atoms with Crippen LogP contribution in [0.3, 0.4) is 0 Å². The van der Waals surface area contributed by atoms with E-state index in [1.54, 1.807) is 0 Å². The van der Waals surface area contributed by atoms with Crippen molar-refractivity contribution >= 4 is 34.9 Å². The number of hydrogen-bond donors (Lipinski definition) is 3. The first-order valence-corrected chi connectivity index (χ1v) is 7.34. The first-order chi connectivity index (χ1) is 10.6. The molecule has 22 heavy (non-hydrogen) atoms. The zero-order valence-electron chi connectivity index (χ0n) is 11.0. The van der Waals surface area contributed by atoms with Crippen molar-refractivity contribution in [2.24, 2.45) is 4.99 Å². The van der Waals surface area contributed by atoms with Crippen LogP contribution in [0.5, 0.6) is 5.88 Å². The highest BCUT2D eigenvalue weighted by Gasteiger charge is 2.07. The summed E-state index contributed by atoms with van der Waals surface area (Å²) in [5.74, 6) is -0.342. The minimum Gasteiger partial charge on any atom is -0.494 e. The molecule has 0 spiro atoms. The Labute approximate surface area is 133 Å². The third-order valence-corrected chi connectivity index (χ3v) is 3.78. The summed E-state index contributed by atoms with van der Waals surface area (Å²) in [6.45, 7) is 0. The molecule has 0 aliphatic heterocycles. The molecule has 7 nitrogen and oxygen atoms in total. The van der Waals surface area contributed by atoms with Crippen molar-refractivity contribution in [2.45, 2.75) is 0 Å². The first kappa shape index (κ1) is 14.3. The van der Waals surface area contributed by atoms with Crippen molar-refractivity contribution in [1.82, 2.24) is 20.2 Å². The molecular formula is C13H9N5O2S2. The number of nitrogens with zero attached hydrogens (tertiary/aromatic N) is 3. The molecule has 3 rings (SSSR count). The molecule has 9 heteroatoms. The van der Waals surface area contributed by atoms with Gasteiger partial charge in [-0.1, -0.05) is 41.7 Å². The number of benzene rings is 1. The number of nitrogens with one attached hydrogen (secondary N) is 2. The largest absolute Gasteiger partial charge is 0.494 e. The predicted octanol–water partition coefficient (Wildman–Crippen LogP) is 2.41. The molecular weight excluding hydrogens is 322 g/mol. The second kappa shape index (κ2) is 6.00. The van der Waals surface area contributed by atoms with E-state index in [0.717, 1.165) is 10.6 Å². The van der Waals surface area contributed by atoms with Crippen LogP contribution in [0.25, 0.3) is 10.6 Å². The van der Waals surface area contributed by atoms with E-state index in [0.29, 0.717) is 5.13 Å². The zero-order valence-corrected chi connectivity index (χ0v) is 12.6. The summed E-state index contributed by atoms with van der Waals surface area (Å²) in [7, 11) is 0. The van der Waals surface area contributed by atoms with Crippen LogP contribution in [0.2, 0.25) is 0 Å². The van der Waals surface area contributed by atoms with E-state index in [2.05, 4.69) is 25.2 Å². The van der Waals surface area contributed by atoms with Crippen LogP contribution >= 0.6 is 23.6 Å². The highest BCUT2D eigenvalue weighted by atomic mass is 32.1. The van der Waals surface area contributed by atoms with Crippen molar-refractivity contribution in [3.63, 3.8) is 0 Å². The number of rotatable bonds is 3. The van der Waals surface area contributed by atoms with E-state index in [-0.39, 0.29) is 16.2 Å². The maximum Gasteiger partial charge on any atom is 0.264 e. The minimum absolute atomic E-state index is 0.0231. The van der Waals surface area contributed by atoms with Crippen molar-refractivity contribution in [2.75, 3.05) is 0 Å². The Balaban J connectivity index is 1.90. The van der Waals surface area contributed by atoms with E-state index in [4.69, 9.17) is 12.2 Å². The third kappa shape index (κ3) is 3.00. The van der Waals surface area contributed by atoms with Gasteiger partial charge in [0.1, 0.15) is 10.6 Å². The van der Waals surface area contributed by atoms with Gasteiger partial charge in [-0.3, -0.25) is 9.78 Å². The molecule has 0 aliphatic rings. The molecule has 1 aromatic carbocycles. The zero-order chi connectivity index (χ0) is 15.5. The first-order valence-electron chi connectivity index (χ1n) is 6.12. The number of hydrogen-bond acceptors (Lipinski definition) is 7. The maximum absolute atomic E-state index is 11.7. The number of aromatic nitrogens is 4. The summed E-state index contributed by atoms with van der Waals surface area (Å²) in [6, 6.07) is 9.56. The van der Waals surface area contributed by atoms with Gasteiger partial charge in [0.25, 0.3) is 5.56 Å². The molecule has 0 aliphatic carbocycles. The van der Waals surface area contributed by atoms with Gasteiger partial charge < -0.3 is 10.1 Å². The Morgan fingerprint density at radius 1 is 1.23 bits per heavy atom. The van der Waals surface area contributed by atoms with Gasteiger partial charge in [0.2, 0.25) is 11.0 Å². The molecule has 0 saturated carbocycles. The van der Waals surface area contributed by atoms with Gasteiger partial charge in [0.05, 0.1) is 0 Å². The van der Waals surface area contributed by atoms with Gasteiger partial charge in [-0.05, 0) is 12.2 Å². The summed E-state index contributed by atoms with van der Waals surface area (Å²) < 4.78 is 0.0435. The highest BCUT2D eigenvalue weighted by molar-refractivity contribution is 7.71. The van der Waals surface area contributed by atoms with Gasteiger partial charge >= 0.3 is 0 Å². The average molecular weight is 331 g/mol. The van der Waals surface area contributed by atoms with Crippen LogP contribution < -0.4 is 5.56 Å². The second-order valence-corrected chi connectivity index (χ2v) is 5.55. The summed E-state index contributed by atoms with van der Waals surface area (Å²) in [4.78, 5) is 20.5. The topological polar surface area (TPSA) is 107 Å². The quantitative estimate of drug-likeness (QED) is 0.504. The normalized spacial score (nSPS) is 11.1. The molecule has 0 amide bonds. The van der Waals surface area contributed by atoms with Gasteiger partial charge in [-0.15, -0.1) is 10.2 Å². The number of aromatic hydroxyl groups is 1. The fourth-order valence-corrected chi connectivity index (χ4v) is 2.57. The van der Waals surface area contributed by atoms with Crippen molar-refractivity contribution in [3.05, 3.63) is 51.0 Å². The summed E-state index contributed by atoms with van der Waals surface area (Å²) in [6.07, 6.45) is 1.22. The van der Waals surface area contributed by atoms with Crippen LogP contribution in [-0.4, -0.2) is 31.5 Å². The maximum atomic E-state index is 11.7. The van der Waals surface area contributed by atoms with Crippen LogP contribution in [0.15, 0.2) is 40.1 Å². The molecule has 0 unspecified atom stereocenters. The minimum atomic E-state index is -0.530. The lowest BCUT2D eigenvalue weighted by atomic mass is 10.2. The Kier molecular flexibility index (Phi) is 3.90. The molecule has 3 aromatic rings. The predicted molar refractivity (Wildman–Crippen MR) is 86.5 cm³/mol. The number of aliphatic imine (C=N–C) groups is 1. The van der Waals surface area contributed by atoms with Crippen molar-refractivity contribution < 1.29 is 5.11 Å². The number of aromatic amines is 2. The SMILES string of the molecule is O=c1[nH]c(=S)[nH]c(O)c1C=Nc1nnc(-c2ccccc2)s1. The van der Waals surface area contributed by atoms with E-state index in [9.17, 15) is 9.90 Å². The molecule has 2 heterocycles. The van der Waals surface area contributed by atoms with Gasteiger partial charge in [-0.25, -0.2) is 4.99 Å². The summed E-state index contributed by atoms with van der Waals surface area (Å²) in [5, 5.41) is 18.7. The lowest BCUT2D eigenvalue weighted by Crippen LogP contribution is -2.13. The van der Waals surface area contributed by atoms with Gasteiger partial charge in [-0.2, -0.15) is 0 Å².